The van der Waals surface area contributed by atoms with E-state index in [1.54, 1.807) is 0 Å². The lowest BCUT2D eigenvalue weighted by molar-refractivity contribution is -0.124. The van der Waals surface area contributed by atoms with E-state index in [1.165, 1.54) is 24.0 Å². The summed E-state index contributed by atoms with van der Waals surface area (Å²) in [4.78, 5) is 12.1. The number of aryl methyl sites for hydroxylation is 1. The van der Waals surface area contributed by atoms with Crippen LogP contribution >= 0.6 is 0 Å². The fourth-order valence-electron chi connectivity index (χ4n) is 2.76. The Balaban J connectivity index is 2.01. The molecule has 1 aliphatic rings. The van der Waals surface area contributed by atoms with Gasteiger partial charge in [0.25, 0.3) is 0 Å². The Morgan fingerprint density at radius 3 is 2.63 bits per heavy atom. The molecule has 104 valence electrons. The van der Waals surface area contributed by atoms with E-state index in [4.69, 9.17) is 4.74 Å². The van der Waals surface area contributed by atoms with Gasteiger partial charge >= 0.3 is 0 Å². The van der Waals surface area contributed by atoms with Gasteiger partial charge in [-0.15, -0.1) is 0 Å². The lowest BCUT2D eigenvalue weighted by atomic mass is 10.0. The van der Waals surface area contributed by atoms with Crippen LogP contribution in [-0.4, -0.2) is 12.4 Å². The molecule has 0 saturated heterocycles. The number of benzene rings is 1. The average Bonchev–Trinajstić information content (AvgIpc) is 2.89. The van der Waals surface area contributed by atoms with E-state index in [0.29, 0.717) is 5.92 Å². The highest BCUT2D eigenvalue weighted by Crippen LogP contribution is 2.29. The molecule has 19 heavy (non-hydrogen) atoms. The summed E-state index contributed by atoms with van der Waals surface area (Å²) >= 11 is 0. The molecule has 1 aromatic rings. The van der Waals surface area contributed by atoms with Gasteiger partial charge in [-0.3, -0.25) is 4.79 Å². The molecule has 2 rings (SSSR count). The maximum atomic E-state index is 12.1. The van der Waals surface area contributed by atoms with E-state index < -0.39 is 0 Å². The monoisotopic (exact) mass is 260 g/mol. The predicted octanol–water partition coefficient (Wildman–Crippen LogP) is 4.26. The molecule has 1 aromatic carbocycles. The van der Waals surface area contributed by atoms with E-state index in [9.17, 15) is 4.79 Å². The maximum Gasteiger partial charge on any atom is 0.173 e. The highest BCUT2D eigenvalue weighted by Gasteiger charge is 2.23. The van der Waals surface area contributed by atoms with Crippen molar-refractivity contribution in [3.05, 3.63) is 29.3 Å². The number of rotatable bonds is 5. The molecule has 0 aromatic heterocycles. The van der Waals surface area contributed by atoms with Gasteiger partial charge in [0.15, 0.2) is 5.78 Å². The molecule has 0 aliphatic heterocycles. The number of hydrogen-bond donors (Lipinski definition) is 0. The van der Waals surface area contributed by atoms with Crippen LogP contribution in [-0.2, 0) is 4.79 Å². The normalized spacial score (nSPS) is 16.0. The van der Waals surface area contributed by atoms with Crippen LogP contribution in [0.4, 0.5) is 0 Å². The number of carbonyl (C=O) groups is 1. The lowest BCUT2D eigenvalue weighted by Crippen LogP contribution is -2.19. The molecule has 1 fully saturated rings. The summed E-state index contributed by atoms with van der Waals surface area (Å²) in [5.41, 5.74) is 2.36. The molecule has 1 saturated carbocycles. The smallest absolute Gasteiger partial charge is 0.173 e. The Kier molecular flexibility index (Phi) is 4.62. The number of hydrogen-bond acceptors (Lipinski definition) is 2. The van der Waals surface area contributed by atoms with Gasteiger partial charge in [0.2, 0.25) is 0 Å². The van der Waals surface area contributed by atoms with Crippen molar-refractivity contribution in [2.75, 3.05) is 6.61 Å². The summed E-state index contributed by atoms with van der Waals surface area (Å²) in [6.07, 6.45) is 4.48. The molecule has 0 atom stereocenters. The van der Waals surface area contributed by atoms with Crippen LogP contribution in [0.1, 0.15) is 56.6 Å². The van der Waals surface area contributed by atoms with Crippen LogP contribution < -0.4 is 4.74 Å². The zero-order valence-corrected chi connectivity index (χ0v) is 12.2. The Morgan fingerprint density at radius 1 is 1.32 bits per heavy atom. The first kappa shape index (κ1) is 14.1. The van der Waals surface area contributed by atoms with E-state index >= 15 is 0 Å². The van der Waals surface area contributed by atoms with Crippen LogP contribution in [0.2, 0.25) is 0 Å². The predicted molar refractivity (Wildman–Crippen MR) is 77.7 cm³/mol. The second kappa shape index (κ2) is 6.23. The highest BCUT2D eigenvalue weighted by atomic mass is 16.5. The fraction of sp³-hybridized carbons (Fsp3) is 0.588. The molecule has 0 amide bonds. The average molecular weight is 260 g/mol. The molecule has 0 unspecified atom stereocenters. The third kappa shape index (κ3) is 3.59. The molecule has 0 radical (unpaired) electrons. The van der Waals surface area contributed by atoms with Crippen molar-refractivity contribution in [1.82, 2.24) is 0 Å². The van der Waals surface area contributed by atoms with Gasteiger partial charge in [0.05, 0.1) is 0 Å². The van der Waals surface area contributed by atoms with E-state index in [-0.39, 0.29) is 18.3 Å². The summed E-state index contributed by atoms with van der Waals surface area (Å²) in [7, 11) is 0. The number of Topliss-reactive ketones (excluding diaryl/α,β-unsaturated/α-hetero) is 1. The molecule has 0 bridgehead atoms. The first-order valence-electron chi connectivity index (χ1n) is 7.34. The Morgan fingerprint density at radius 2 is 2.00 bits per heavy atom. The zero-order chi connectivity index (χ0) is 13.8. The number of ether oxygens (including phenoxy) is 1. The number of carbonyl (C=O) groups excluding carboxylic acids is 1. The number of ketones is 1. The topological polar surface area (TPSA) is 26.3 Å². The second-order valence-corrected chi connectivity index (χ2v) is 5.93. The van der Waals surface area contributed by atoms with E-state index in [0.717, 1.165) is 18.6 Å². The second-order valence-electron chi connectivity index (χ2n) is 5.93. The van der Waals surface area contributed by atoms with Gasteiger partial charge < -0.3 is 4.74 Å². The van der Waals surface area contributed by atoms with Gasteiger partial charge in [0.1, 0.15) is 12.4 Å². The minimum Gasteiger partial charge on any atom is -0.486 e. The van der Waals surface area contributed by atoms with Crippen molar-refractivity contribution < 1.29 is 9.53 Å². The van der Waals surface area contributed by atoms with Gasteiger partial charge in [-0.1, -0.05) is 38.8 Å². The van der Waals surface area contributed by atoms with Crippen molar-refractivity contribution in [3.8, 4) is 5.75 Å². The summed E-state index contributed by atoms with van der Waals surface area (Å²) in [5, 5.41) is 0. The van der Waals surface area contributed by atoms with Gasteiger partial charge in [-0.25, -0.2) is 0 Å². The van der Waals surface area contributed by atoms with Gasteiger partial charge in [-0.05, 0) is 42.9 Å². The molecule has 2 nitrogen and oxygen atoms in total. The van der Waals surface area contributed by atoms with Crippen molar-refractivity contribution in [3.63, 3.8) is 0 Å². The van der Waals surface area contributed by atoms with E-state index in [2.05, 4.69) is 32.9 Å². The molecular weight excluding hydrogens is 236 g/mol. The van der Waals surface area contributed by atoms with Crippen molar-refractivity contribution in [1.29, 1.82) is 0 Å². The summed E-state index contributed by atoms with van der Waals surface area (Å²) in [6, 6.07) is 6.24. The maximum absolute atomic E-state index is 12.1. The SMILES string of the molecule is Cc1ccc(C(C)C)c(OCC(=O)C2CCCC2)c1. The highest BCUT2D eigenvalue weighted by molar-refractivity contribution is 5.82. The standard InChI is InChI=1S/C17H24O2/c1-12(2)15-9-8-13(3)10-17(15)19-11-16(18)14-6-4-5-7-14/h8-10,12,14H,4-7,11H2,1-3H3. The van der Waals surface area contributed by atoms with Crippen LogP contribution in [0, 0.1) is 12.8 Å². The van der Waals surface area contributed by atoms with Gasteiger partial charge in [-0.2, -0.15) is 0 Å². The minimum atomic E-state index is 0.230. The Hall–Kier alpha value is -1.31. The van der Waals surface area contributed by atoms with Crippen LogP contribution in [0.5, 0.6) is 5.75 Å². The van der Waals surface area contributed by atoms with Crippen molar-refractivity contribution in [2.45, 2.75) is 52.4 Å². The minimum absolute atomic E-state index is 0.230. The molecular formula is C17H24O2. The molecule has 2 heteroatoms. The molecule has 0 heterocycles. The summed E-state index contributed by atoms with van der Waals surface area (Å²) < 4.78 is 5.80. The van der Waals surface area contributed by atoms with Crippen LogP contribution in [0.3, 0.4) is 0 Å². The third-order valence-corrected chi connectivity index (χ3v) is 3.97. The molecule has 0 N–H and O–H groups in total. The summed E-state index contributed by atoms with van der Waals surface area (Å²) in [5.74, 6) is 1.81. The van der Waals surface area contributed by atoms with E-state index in [1.807, 2.05) is 6.07 Å². The Labute approximate surface area is 116 Å². The van der Waals surface area contributed by atoms with Gasteiger partial charge in [0, 0.05) is 5.92 Å². The van der Waals surface area contributed by atoms with Crippen molar-refractivity contribution >= 4 is 5.78 Å². The first-order valence-corrected chi connectivity index (χ1v) is 7.34. The van der Waals surface area contributed by atoms with Crippen LogP contribution in [0.25, 0.3) is 0 Å². The zero-order valence-electron chi connectivity index (χ0n) is 12.2. The van der Waals surface area contributed by atoms with Crippen molar-refractivity contribution in [2.24, 2.45) is 5.92 Å². The molecule has 0 spiro atoms. The fourth-order valence-corrected chi connectivity index (χ4v) is 2.76. The molecule has 1 aliphatic carbocycles. The first-order chi connectivity index (χ1) is 9.08. The largest absolute Gasteiger partial charge is 0.486 e. The van der Waals surface area contributed by atoms with Crippen LogP contribution in [0.15, 0.2) is 18.2 Å². The lowest BCUT2D eigenvalue weighted by Gasteiger charge is -2.15. The third-order valence-electron chi connectivity index (χ3n) is 3.97. The summed E-state index contributed by atoms with van der Waals surface area (Å²) in [6.45, 7) is 6.58. The quantitative estimate of drug-likeness (QED) is 0.791. The Bertz CT molecular complexity index is 443.